The van der Waals surface area contributed by atoms with Gasteiger partial charge in [-0.3, -0.25) is 0 Å². The Morgan fingerprint density at radius 1 is 0.389 bits per heavy atom. The Balaban J connectivity index is 3.72. The number of nitrogens with two attached hydrogens (primary N) is 11. The van der Waals surface area contributed by atoms with E-state index in [4.69, 9.17) is 63.1 Å². The minimum atomic E-state index is -2.17. The van der Waals surface area contributed by atoms with Crippen LogP contribution in [0, 0.1) is 0 Å². The molecule has 22 N–H and O–H groups in total. The van der Waals surface area contributed by atoms with Gasteiger partial charge in [0, 0.05) is 0 Å². The zero-order valence-corrected chi connectivity index (χ0v) is 10.4. The van der Waals surface area contributed by atoms with Gasteiger partial charge in [-0.25, -0.2) is 0 Å². The molecule has 0 radical (unpaired) electrons. The first kappa shape index (κ1) is 15.6. The van der Waals surface area contributed by atoms with Crippen LogP contribution >= 0.6 is 0 Å². The topological polar surface area (TPSA) is 286 Å². The second kappa shape index (κ2) is 3.17. The summed E-state index contributed by atoms with van der Waals surface area (Å²) < 4.78 is 0. The highest BCUT2D eigenvalue weighted by Gasteiger charge is 2.78. The Kier molecular flexibility index (Phi) is 2.75. The number of hydrogen-bond donors (Lipinski definition) is 11. The molecular weight excluding hydrogens is 238 g/mol. The van der Waals surface area contributed by atoms with Gasteiger partial charge in [0.1, 0.15) is 28.3 Å². The van der Waals surface area contributed by atoms with Gasteiger partial charge in [-0.1, -0.05) is 0 Å². The van der Waals surface area contributed by atoms with Gasteiger partial charge >= 0.3 is 0 Å². The molecule has 108 valence electrons. The molecule has 11 heteroatoms. The van der Waals surface area contributed by atoms with Gasteiger partial charge in [0.2, 0.25) is 0 Å². The summed E-state index contributed by atoms with van der Waals surface area (Å²) in [6.45, 7) is 1.32. The summed E-state index contributed by atoms with van der Waals surface area (Å²) in [4.78, 5) is 0. The quantitative estimate of drug-likeness (QED) is 0.182. The number of hydrogen-bond acceptors (Lipinski definition) is 11. The van der Waals surface area contributed by atoms with Gasteiger partial charge in [-0.15, -0.1) is 0 Å². The van der Waals surface area contributed by atoms with E-state index in [2.05, 4.69) is 0 Å². The molecule has 1 aliphatic carbocycles. The lowest BCUT2D eigenvalue weighted by molar-refractivity contribution is -0.105. The highest BCUT2D eigenvalue weighted by atomic mass is 15.4. The van der Waals surface area contributed by atoms with Crippen LogP contribution < -0.4 is 63.1 Å². The summed E-state index contributed by atoms with van der Waals surface area (Å²) in [5, 5.41) is 0. The molecule has 0 amide bonds. The Bertz CT molecular complexity index is 249. The fourth-order valence-corrected chi connectivity index (χ4v) is 2.23. The van der Waals surface area contributed by atoms with Crippen molar-refractivity contribution in [2.75, 3.05) is 0 Å². The van der Waals surface area contributed by atoms with Gasteiger partial charge < -0.3 is 63.1 Å². The summed E-state index contributed by atoms with van der Waals surface area (Å²) in [5.41, 5.74) is 52.2. The van der Waals surface area contributed by atoms with Crippen LogP contribution in [-0.2, 0) is 0 Å². The molecule has 1 fully saturated rings. The van der Waals surface area contributed by atoms with Gasteiger partial charge in [0.05, 0.1) is 5.54 Å². The van der Waals surface area contributed by atoms with Crippen LogP contribution in [0.4, 0.5) is 0 Å². The Morgan fingerprint density at radius 3 is 0.778 bits per heavy atom. The van der Waals surface area contributed by atoms with Crippen molar-refractivity contribution in [2.45, 2.75) is 40.8 Å². The average Bonchev–Trinajstić information content (AvgIpc) is 2.14. The lowest BCUT2D eigenvalue weighted by atomic mass is 9.53. The van der Waals surface area contributed by atoms with Crippen molar-refractivity contribution in [2.24, 2.45) is 63.1 Å². The third-order valence-corrected chi connectivity index (χ3v) is 4.46. The maximum atomic E-state index is 5.97. The van der Waals surface area contributed by atoms with Crippen LogP contribution in [0.3, 0.4) is 0 Å². The lowest BCUT2D eigenvalue weighted by Gasteiger charge is -2.71. The van der Waals surface area contributed by atoms with Gasteiger partial charge in [-0.2, -0.15) is 0 Å². The van der Waals surface area contributed by atoms with E-state index < -0.39 is 33.9 Å². The fraction of sp³-hybridized carbons (Fsp3) is 1.00. The highest BCUT2D eigenvalue weighted by Crippen LogP contribution is 2.42. The predicted molar refractivity (Wildman–Crippen MR) is 68.1 cm³/mol. The molecule has 0 atom stereocenters. The molecule has 1 saturated carbocycles. The molecule has 0 heterocycles. The van der Waals surface area contributed by atoms with Crippen LogP contribution in [-0.4, -0.2) is 33.9 Å². The summed E-state index contributed by atoms with van der Waals surface area (Å²) in [7, 11) is 0. The minimum absolute atomic E-state index is 1.32. The van der Waals surface area contributed by atoms with Gasteiger partial charge in [0.15, 0.2) is 0 Å². The molecule has 0 unspecified atom stereocenters. The van der Waals surface area contributed by atoms with Crippen molar-refractivity contribution in [3.8, 4) is 0 Å². The maximum Gasteiger partial charge on any atom is 0.134 e. The van der Waals surface area contributed by atoms with Crippen LogP contribution in [0.1, 0.15) is 6.92 Å². The molecule has 1 aliphatic rings. The molecule has 0 aromatic rings. The minimum Gasteiger partial charge on any atom is -0.320 e. The van der Waals surface area contributed by atoms with E-state index in [1.54, 1.807) is 0 Å². The summed E-state index contributed by atoms with van der Waals surface area (Å²) in [6, 6.07) is 0. The number of rotatable bonds is 0. The third-order valence-electron chi connectivity index (χ3n) is 4.46. The zero-order chi connectivity index (χ0) is 15.0. The van der Waals surface area contributed by atoms with Crippen molar-refractivity contribution in [3.05, 3.63) is 0 Å². The Morgan fingerprint density at radius 2 is 0.556 bits per heavy atom. The molecule has 11 nitrogen and oxygen atoms in total. The van der Waals surface area contributed by atoms with E-state index in [0.717, 1.165) is 0 Å². The van der Waals surface area contributed by atoms with Crippen molar-refractivity contribution >= 4 is 0 Å². The molecule has 0 aromatic carbocycles. The third kappa shape index (κ3) is 1.15. The van der Waals surface area contributed by atoms with E-state index in [9.17, 15) is 0 Å². The van der Waals surface area contributed by atoms with E-state index in [-0.39, 0.29) is 0 Å². The first-order valence-corrected chi connectivity index (χ1v) is 5.18. The molecule has 0 aliphatic heterocycles. The Hall–Kier alpha value is -0.440. The molecule has 0 spiro atoms. The van der Waals surface area contributed by atoms with Gasteiger partial charge in [-0.05, 0) is 6.92 Å². The van der Waals surface area contributed by atoms with Crippen molar-refractivity contribution < 1.29 is 0 Å². The lowest BCUT2D eigenvalue weighted by Crippen LogP contribution is -3.13. The first-order chi connectivity index (χ1) is 7.50. The predicted octanol–water partition coefficient (Wildman–Crippen LogP) is -7.21. The van der Waals surface area contributed by atoms with Crippen molar-refractivity contribution in [3.63, 3.8) is 0 Å². The van der Waals surface area contributed by atoms with Crippen LogP contribution in [0.5, 0.6) is 0 Å². The van der Waals surface area contributed by atoms with Crippen molar-refractivity contribution in [1.82, 2.24) is 0 Å². The normalized spacial score (nSPS) is 34.0. The molecule has 0 saturated heterocycles. The van der Waals surface area contributed by atoms with E-state index in [1.807, 2.05) is 0 Å². The van der Waals surface area contributed by atoms with E-state index in [1.165, 1.54) is 6.92 Å². The fourth-order valence-electron chi connectivity index (χ4n) is 2.23. The summed E-state index contributed by atoms with van der Waals surface area (Å²) in [5.74, 6) is 0. The van der Waals surface area contributed by atoms with Crippen molar-refractivity contribution in [1.29, 1.82) is 0 Å². The van der Waals surface area contributed by atoms with Gasteiger partial charge in [0.25, 0.3) is 0 Å². The average molecular weight is 263 g/mol. The van der Waals surface area contributed by atoms with Crippen LogP contribution in [0.15, 0.2) is 0 Å². The maximum absolute atomic E-state index is 5.97. The SMILES string of the molecule is CC1(N)C(N)(N)C(N)(N)C(N)(N)C(N)(N)C1(N)N. The smallest absolute Gasteiger partial charge is 0.134 e. The van der Waals surface area contributed by atoms with Crippen LogP contribution in [0.25, 0.3) is 0 Å². The summed E-state index contributed by atoms with van der Waals surface area (Å²) >= 11 is 0. The molecule has 0 aromatic heterocycles. The van der Waals surface area contributed by atoms with E-state index in [0.29, 0.717) is 0 Å². The largest absolute Gasteiger partial charge is 0.320 e. The second-order valence-electron chi connectivity index (χ2n) is 5.55. The highest BCUT2D eigenvalue weighted by molar-refractivity contribution is 5.39. The monoisotopic (exact) mass is 263 g/mol. The first-order valence-electron chi connectivity index (χ1n) is 5.18. The second-order valence-corrected chi connectivity index (χ2v) is 5.55. The molecular formula is C7H25N11. The Labute approximate surface area is 105 Å². The summed E-state index contributed by atoms with van der Waals surface area (Å²) in [6.07, 6.45) is 0. The molecule has 18 heavy (non-hydrogen) atoms. The molecule has 1 rings (SSSR count). The van der Waals surface area contributed by atoms with E-state index >= 15 is 0 Å². The molecule has 0 bridgehead atoms. The zero-order valence-electron chi connectivity index (χ0n) is 10.4. The van der Waals surface area contributed by atoms with Crippen LogP contribution in [0.2, 0.25) is 0 Å². The standard InChI is InChI=1S/C7H25N11/c1-2(8)3(9,10)5(13,14)7(17,18)6(15,16)4(2,11)12/h8-18H2,1H3.